The van der Waals surface area contributed by atoms with E-state index in [2.05, 4.69) is 6.07 Å². The van der Waals surface area contributed by atoms with Crippen molar-refractivity contribution in [3.8, 4) is 6.07 Å². The minimum Gasteiger partial charge on any atom is -0.298 e. The molecule has 1 fully saturated rings. The van der Waals surface area contributed by atoms with Crippen molar-refractivity contribution >= 4 is 0 Å². The zero-order valence-electron chi connectivity index (χ0n) is 11.7. The number of halogens is 4. The molecule has 2 rings (SSSR count). The van der Waals surface area contributed by atoms with Crippen molar-refractivity contribution in [3.05, 3.63) is 35.1 Å². The molecule has 2 nitrogen and oxygen atoms in total. The molecule has 21 heavy (non-hydrogen) atoms. The van der Waals surface area contributed by atoms with E-state index in [0.29, 0.717) is 19.2 Å². The molecule has 1 aliphatic rings. The standard InChI is InChI=1S/C15H16F4N2/c1-14(9-20)3-2-4-21(10-14)8-11-5-12(15(17,18)19)7-13(16)6-11/h5-7H,2-4,8,10H2,1H3. The molecule has 1 atom stereocenters. The molecule has 0 bridgehead atoms. The van der Waals surface area contributed by atoms with E-state index >= 15 is 0 Å². The normalized spacial score (nSPS) is 23.8. The van der Waals surface area contributed by atoms with Crippen LogP contribution in [-0.4, -0.2) is 18.0 Å². The zero-order chi connectivity index (χ0) is 15.7. The number of alkyl halides is 3. The first-order valence-corrected chi connectivity index (χ1v) is 6.72. The topological polar surface area (TPSA) is 27.0 Å². The number of benzene rings is 1. The Kier molecular flexibility index (Phi) is 4.24. The summed E-state index contributed by atoms with van der Waals surface area (Å²) in [5.41, 5.74) is -1.18. The lowest BCUT2D eigenvalue weighted by molar-refractivity contribution is -0.137. The first-order chi connectivity index (χ1) is 9.72. The average molecular weight is 300 g/mol. The summed E-state index contributed by atoms with van der Waals surface area (Å²) >= 11 is 0. The van der Waals surface area contributed by atoms with Crippen LogP contribution in [0.5, 0.6) is 0 Å². The Morgan fingerprint density at radius 1 is 1.33 bits per heavy atom. The van der Waals surface area contributed by atoms with Gasteiger partial charge >= 0.3 is 6.18 Å². The summed E-state index contributed by atoms with van der Waals surface area (Å²) in [6.07, 6.45) is -2.97. The van der Waals surface area contributed by atoms with Crippen molar-refractivity contribution in [1.82, 2.24) is 4.90 Å². The van der Waals surface area contributed by atoms with E-state index in [0.717, 1.165) is 25.0 Å². The van der Waals surface area contributed by atoms with Gasteiger partial charge in [-0.3, -0.25) is 4.90 Å². The van der Waals surface area contributed by atoms with Crippen LogP contribution >= 0.6 is 0 Å². The third-order valence-corrected chi connectivity index (χ3v) is 3.74. The molecule has 1 saturated heterocycles. The summed E-state index contributed by atoms with van der Waals surface area (Å²) in [6.45, 7) is 3.25. The summed E-state index contributed by atoms with van der Waals surface area (Å²) < 4.78 is 51.4. The van der Waals surface area contributed by atoms with Gasteiger partial charge in [0.05, 0.1) is 17.0 Å². The molecule has 1 aromatic carbocycles. The second-order valence-corrected chi connectivity index (χ2v) is 5.83. The number of piperidine rings is 1. The van der Waals surface area contributed by atoms with Gasteiger partial charge in [0.15, 0.2) is 0 Å². The van der Waals surface area contributed by atoms with Crippen LogP contribution in [0.4, 0.5) is 17.6 Å². The Morgan fingerprint density at radius 2 is 2.05 bits per heavy atom. The lowest BCUT2D eigenvalue weighted by Gasteiger charge is -2.36. The fourth-order valence-corrected chi connectivity index (χ4v) is 2.73. The molecule has 0 spiro atoms. The molecule has 1 aliphatic heterocycles. The molecule has 0 N–H and O–H groups in total. The van der Waals surface area contributed by atoms with Gasteiger partial charge in [0.1, 0.15) is 5.82 Å². The van der Waals surface area contributed by atoms with Crippen LogP contribution in [0, 0.1) is 22.6 Å². The van der Waals surface area contributed by atoms with E-state index in [-0.39, 0.29) is 12.1 Å². The molecule has 0 radical (unpaired) electrons. The van der Waals surface area contributed by atoms with Gasteiger partial charge in [-0.25, -0.2) is 4.39 Å². The SMILES string of the molecule is CC1(C#N)CCCN(Cc2cc(F)cc(C(F)(F)F)c2)C1. The predicted octanol–water partition coefficient (Wildman–Crippen LogP) is 3.97. The molecule has 1 unspecified atom stereocenters. The Balaban J connectivity index is 2.17. The van der Waals surface area contributed by atoms with E-state index in [1.165, 1.54) is 0 Å². The Hall–Kier alpha value is -1.61. The Labute approximate surface area is 121 Å². The Bertz CT molecular complexity index is 562. The van der Waals surface area contributed by atoms with Crippen molar-refractivity contribution < 1.29 is 17.6 Å². The molecule has 1 aromatic rings. The van der Waals surface area contributed by atoms with E-state index in [4.69, 9.17) is 5.26 Å². The number of hydrogen-bond acceptors (Lipinski definition) is 2. The van der Waals surface area contributed by atoms with Gasteiger partial charge < -0.3 is 0 Å². The average Bonchev–Trinajstić information content (AvgIpc) is 2.37. The maximum atomic E-state index is 13.4. The highest BCUT2D eigenvalue weighted by molar-refractivity contribution is 5.27. The number of nitrogens with zero attached hydrogens (tertiary/aromatic N) is 2. The van der Waals surface area contributed by atoms with E-state index in [1.54, 1.807) is 0 Å². The van der Waals surface area contributed by atoms with Gasteiger partial charge in [-0.15, -0.1) is 0 Å². The zero-order valence-corrected chi connectivity index (χ0v) is 11.7. The predicted molar refractivity (Wildman–Crippen MR) is 69.6 cm³/mol. The summed E-state index contributed by atoms with van der Waals surface area (Å²) in [6, 6.07) is 4.84. The number of rotatable bonds is 2. The van der Waals surface area contributed by atoms with Crippen molar-refractivity contribution in [1.29, 1.82) is 5.26 Å². The molecular weight excluding hydrogens is 284 g/mol. The first kappa shape index (κ1) is 15.8. The minimum atomic E-state index is -4.56. The maximum absolute atomic E-state index is 13.4. The van der Waals surface area contributed by atoms with Crippen molar-refractivity contribution in [2.45, 2.75) is 32.5 Å². The minimum absolute atomic E-state index is 0.220. The molecule has 0 amide bonds. The molecule has 114 valence electrons. The largest absolute Gasteiger partial charge is 0.416 e. The highest BCUT2D eigenvalue weighted by atomic mass is 19.4. The lowest BCUT2D eigenvalue weighted by Crippen LogP contribution is -2.40. The summed E-state index contributed by atoms with van der Waals surface area (Å²) in [5, 5.41) is 9.14. The van der Waals surface area contributed by atoms with Crippen LogP contribution in [0.3, 0.4) is 0 Å². The van der Waals surface area contributed by atoms with Gasteiger partial charge in [0.2, 0.25) is 0 Å². The third kappa shape index (κ3) is 3.94. The maximum Gasteiger partial charge on any atom is 0.416 e. The molecule has 0 saturated carbocycles. The van der Waals surface area contributed by atoms with Gasteiger partial charge in [-0.05, 0) is 50.1 Å². The van der Waals surface area contributed by atoms with E-state index in [1.807, 2.05) is 11.8 Å². The van der Waals surface area contributed by atoms with Crippen LogP contribution in [0.25, 0.3) is 0 Å². The molecular formula is C15H16F4N2. The van der Waals surface area contributed by atoms with E-state index < -0.39 is 23.0 Å². The fourth-order valence-electron chi connectivity index (χ4n) is 2.73. The summed E-state index contributed by atoms with van der Waals surface area (Å²) in [5.74, 6) is -0.889. The van der Waals surface area contributed by atoms with Crippen molar-refractivity contribution in [3.63, 3.8) is 0 Å². The summed E-state index contributed by atoms with van der Waals surface area (Å²) in [4.78, 5) is 1.90. The van der Waals surface area contributed by atoms with Crippen molar-refractivity contribution in [2.75, 3.05) is 13.1 Å². The number of nitriles is 1. The molecule has 6 heteroatoms. The van der Waals surface area contributed by atoms with Gasteiger partial charge in [0, 0.05) is 13.1 Å². The highest BCUT2D eigenvalue weighted by Crippen LogP contribution is 2.32. The van der Waals surface area contributed by atoms with Crippen LogP contribution in [0.2, 0.25) is 0 Å². The van der Waals surface area contributed by atoms with Crippen molar-refractivity contribution in [2.24, 2.45) is 5.41 Å². The monoisotopic (exact) mass is 300 g/mol. The Morgan fingerprint density at radius 3 is 2.67 bits per heavy atom. The third-order valence-electron chi connectivity index (χ3n) is 3.74. The lowest BCUT2D eigenvalue weighted by atomic mass is 9.83. The van der Waals surface area contributed by atoms with Gasteiger partial charge in [0.25, 0.3) is 0 Å². The summed E-state index contributed by atoms with van der Waals surface area (Å²) in [7, 11) is 0. The molecule has 1 heterocycles. The molecule has 0 aromatic heterocycles. The molecule has 0 aliphatic carbocycles. The van der Waals surface area contributed by atoms with Crippen LogP contribution in [-0.2, 0) is 12.7 Å². The van der Waals surface area contributed by atoms with Crippen LogP contribution in [0.15, 0.2) is 18.2 Å². The van der Waals surface area contributed by atoms with Gasteiger partial charge in [-0.2, -0.15) is 18.4 Å². The van der Waals surface area contributed by atoms with E-state index in [9.17, 15) is 17.6 Å². The number of hydrogen-bond donors (Lipinski definition) is 0. The quantitative estimate of drug-likeness (QED) is 0.773. The van der Waals surface area contributed by atoms with Crippen LogP contribution in [0.1, 0.15) is 30.9 Å². The fraction of sp³-hybridized carbons (Fsp3) is 0.533. The van der Waals surface area contributed by atoms with Crippen LogP contribution < -0.4 is 0 Å². The van der Waals surface area contributed by atoms with Gasteiger partial charge in [-0.1, -0.05) is 0 Å². The second kappa shape index (κ2) is 5.64. The smallest absolute Gasteiger partial charge is 0.298 e. The first-order valence-electron chi connectivity index (χ1n) is 6.72. The highest BCUT2D eigenvalue weighted by Gasteiger charge is 2.33. The second-order valence-electron chi connectivity index (χ2n) is 5.83. The number of likely N-dealkylation sites (tertiary alicyclic amines) is 1.